The average molecular weight is 198 g/mol. The molecule has 0 unspecified atom stereocenters. The Kier molecular flexibility index (Phi) is 2.14. The highest BCUT2D eigenvalue weighted by molar-refractivity contribution is 5.85. The molecule has 1 fully saturated rings. The van der Waals surface area contributed by atoms with Gasteiger partial charge >= 0.3 is 0 Å². The van der Waals surface area contributed by atoms with E-state index in [4.69, 9.17) is 0 Å². The summed E-state index contributed by atoms with van der Waals surface area (Å²) in [5.74, 6) is 0. The van der Waals surface area contributed by atoms with Gasteiger partial charge in [-0.1, -0.05) is 24.3 Å². The van der Waals surface area contributed by atoms with Gasteiger partial charge in [-0.15, -0.1) is 0 Å². The lowest BCUT2D eigenvalue weighted by molar-refractivity contribution is 0.650. The zero-order valence-electron chi connectivity index (χ0n) is 8.61. The van der Waals surface area contributed by atoms with Gasteiger partial charge in [0.1, 0.15) is 0 Å². The number of fused-ring (bicyclic) bond motifs is 1. The van der Waals surface area contributed by atoms with E-state index in [1.54, 1.807) is 0 Å². The van der Waals surface area contributed by atoms with Crippen LogP contribution in [0.25, 0.3) is 10.8 Å². The number of hydrogen-bond donors (Lipinski definition) is 1. The Balaban J connectivity index is 2.16. The predicted octanol–water partition coefficient (Wildman–Crippen LogP) is 2.66. The van der Waals surface area contributed by atoms with Crippen molar-refractivity contribution in [3.63, 3.8) is 0 Å². The maximum Gasteiger partial charge on any atom is 0.0346 e. The minimum atomic E-state index is 0.503. The molecule has 2 heteroatoms. The molecule has 0 amide bonds. The van der Waals surface area contributed by atoms with Crippen molar-refractivity contribution in [3.8, 4) is 0 Å². The molecule has 0 spiro atoms. The molecule has 1 atom stereocenters. The van der Waals surface area contributed by atoms with Crippen LogP contribution in [0.3, 0.4) is 0 Å². The van der Waals surface area contributed by atoms with Crippen LogP contribution in [0.2, 0.25) is 0 Å². The predicted molar refractivity (Wildman–Crippen MR) is 61.7 cm³/mol. The Hall–Kier alpha value is -1.41. The number of nitrogens with one attached hydrogen (secondary N) is 1. The van der Waals surface area contributed by atoms with E-state index in [-0.39, 0.29) is 0 Å². The van der Waals surface area contributed by atoms with Crippen LogP contribution < -0.4 is 5.32 Å². The molecule has 0 radical (unpaired) electrons. The minimum Gasteiger partial charge on any atom is -0.310 e. The monoisotopic (exact) mass is 198 g/mol. The second-order valence-corrected chi connectivity index (χ2v) is 4.10. The van der Waals surface area contributed by atoms with Gasteiger partial charge in [0.25, 0.3) is 0 Å². The van der Waals surface area contributed by atoms with Gasteiger partial charge in [0.15, 0.2) is 0 Å². The van der Waals surface area contributed by atoms with Gasteiger partial charge in [-0.2, -0.15) is 0 Å². The summed E-state index contributed by atoms with van der Waals surface area (Å²) < 4.78 is 0. The van der Waals surface area contributed by atoms with E-state index in [1.807, 2.05) is 12.4 Å². The third-order valence-corrected chi connectivity index (χ3v) is 3.13. The van der Waals surface area contributed by atoms with Crippen LogP contribution >= 0.6 is 0 Å². The van der Waals surface area contributed by atoms with Gasteiger partial charge in [-0.3, -0.25) is 4.98 Å². The van der Waals surface area contributed by atoms with Crippen LogP contribution in [0.5, 0.6) is 0 Å². The van der Waals surface area contributed by atoms with E-state index in [9.17, 15) is 0 Å². The summed E-state index contributed by atoms with van der Waals surface area (Å²) in [4.78, 5) is 4.32. The second kappa shape index (κ2) is 3.63. The van der Waals surface area contributed by atoms with Gasteiger partial charge in [-0.25, -0.2) is 0 Å². The summed E-state index contributed by atoms with van der Waals surface area (Å²) in [5.41, 5.74) is 1.35. The van der Waals surface area contributed by atoms with Crippen LogP contribution in [0, 0.1) is 0 Å². The summed E-state index contributed by atoms with van der Waals surface area (Å²) in [6, 6.07) is 8.98. The average Bonchev–Trinajstić information content (AvgIpc) is 2.82. The molecule has 76 valence electrons. The first-order valence-electron chi connectivity index (χ1n) is 5.51. The molecule has 1 aliphatic heterocycles. The van der Waals surface area contributed by atoms with Crippen molar-refractivity contribution in [2.45, 2.75) is 18.9 Å². The molecular weight excluding hydrogens is 184 g/mol. The molecule has 1 N–H and O–H groups in total. The fourth-order valence-electron chi connectivity index (χ4n) is 2.37. The van der Waals surface area contributed by atoms with Gasteiger partial charge in [0.2, 0.25) is 0 Å². The van der Waals surface area contributed by atoms with Gasteiger partial charge < -0.3 is 5.32 Å². The summed E-state index contributed by atoms with van der Waals surface area (Å²) in [6.07, 6.45) is 6.45. The Bertz CT molecular complexity index is 467. The first kappa shape index (κ1) is 8.86. The van der Waals surface area contributed by atoms with Crippen molar-refractivity contribution in [1.82, 2.24) is 10.3 Å². The Morgan fingerprint density at radius 2 is 2.13 bits per heavy atom. The summed E-state index contributed by atoms with van der Waals surface area (Å²) in [6.45, 7) is 1.13. The van der Waals surface area contributed by atoms with Crippen molar-refractivity contribution in [3.05, 3.63) is 42.2 Å². The van der Waals surface area contributed by atoms with Gasteiger partial charge in [-0.05, 0) is 30.3 Å². The maximum absolute atomic E-state index is 4.32. The van der Waals surface area contributed by atoms with E-state index in [0.717, 1.165) is 6.54 Å². The van der Waals surface area contributed by atoms with Crippen LogP contribution in [0.4, 0.5) is 0 Å². The van der Waals surface area contributed by atoms with Crippen molar-refractivity contribution in [1.29, 1.82) is 0 Å². The third-order valence-electron chi connectivity index (χ3n) is 3.13. The van der Waals surface area contributed by atoms with Crippen molar-refractivity contribution in [2.24, 2.45) is 0 Å². The smallest absolute Gasteiger partial charge is 0.0346 e. The molecule has 1 aliphatic rings. The van der Waals surface area contributed by atoms with Gasteiger partial charge in [0, 0.05) is 23.8 Å². The summed E-state index contributed by atoms with van der Waals surface area (Å²) in [7, 11) is 0. The Labute approximate surface area is 89.3 Å². The SMILES string of the molecule is c1ccc2c([C@H]3CCCN3)cncc2c1. The van der Waals surface area contributed by atoms with Gasteiger partial charge in [0.05, 0.1) is 0 Å². The van der Waals surface area contributed by atoms with E-state index in [1.165, 1.54) is 29.2 Å². The number of pyridine rings is 1. The molecule has 1 saturated heterocycles. The summed E-state index contributed by atoms with van der Waals surface area (Å²) >= 11 is 0. The number of nitrogens with zero attached hydrogens (tertiary/aromatic N) is 1. The third kappa shape index (κ3) is 1.51. The van der Waals surface area contributed by atoms with E-state index in [0.29, 0.717) is 6.04 Å². The highest BCUT2D eigenvalue weighted by Gasteiger charge is 2.18. The fourth-order valence-corrected chi connectivity index (χ4v) is 2.37. The zero-order chi connectivity index (χ0) is 10.1. The zero-order valence-corrected chi connectivity index (χ0v) is 8.61. The quantitative estimate of drug-likeness (QED) is 0.762. The second-order valence-electron chi connectivity index (χ2n) is 4.10. The van der Waals surface area contributed by atoms with Crippen LogP contribution in [0.15, 0.2) is 36.7 Å². The molecule has 1 aromatic heterocycles. The lowest BCUT2D eigenvalue weighted by Crippen LogP contribution is -2.13. The number of hydrogen-bond acceptors (Lipinski definition) is 2. The van der Waals surface area contributed by atoms with Crippen LogP contribution in [-0.2, 0) is 0 Å². The first-order valence-corrected chi connectivity index (χ1v) is 5.51. The number of rotatable bonds is 1. The summed E-state index contributed by atoms with van der Waals surface area (Å²) in [5, 5.41) is 6.10. The number of aromatic nitrogens is 1. The molecule has 3 rings (SSSR count). The van der Waals surface area contributed by atoms with E-state index in [2.05, 4.69) is 34.6 Å². The largest absolute Gasteiger partial charge is 0.310 e. The fraction of sp³-hybridized carbons (Fsp3) is 0.308. The highest BCUT2D eigenvalue weighted by Crippen LogP contribution is 2.28. The lowest BCUT2D eigenvalue weighted by Gasteiger charge is -2.12. The Morgan fingerprint density at radius 3 is 3.00 bits per heavy atom. The van der Waals surface area contributed by atoms with Crippen molar-refractivity contribution < 1.29 is 0 Å². The minimum absolute atomic E-state index is 0.503. The molecule has 2 heterocycles. The van der Waals surface area contributed by atoms with Crippen LogP contribution in [-0.4, -0.2) is 11.5 Å². The first-order chi connectivity index (χ1) is 7.45. The lowest BCUT2D eigenvalue weighted by atomic mass is 10.0. The maximum atomic E-state index is 4.32. The number of benzene rings is 1. The van der Waals surface area contributed by atoms with Crippen molar-refractivity contribution in [2.75, 3.05) is 6.54 Å². The van der Waals surface area contributed by atoms with Crippen molar-refractivity contribution >= 4 is 10.8 Å². The molecule has 0 aliphatic carbocycles. The normalized spacial score (nSPS) is 20.9. The molecule has 0 saturated carbocycles. The standard InChI is InChI=1S/C13H14N2/c1-2-5-11-10(4-1)8-14-9-12(11)13-6-3-7-15-13/h1-2,4-5,8-9,13,15H,3,6-7H2/t13-/m1/s1. The van der Waals surface area contributed by atoms with E-state index < -0.39 is 0 Å². The topological polar surface area (TPSA) is 24.9 Å². The Morgan fingerprint density at radius 1 is 1.20 bits per heavy atom. The molecule has 1 aromatic carbocycles. The van der Waals surface area contributed by atoms with E-state index >= 15 is 0 Å². The molecular formula is C13H14N2. The molecule has 2 aromatic rings. The molecule has 15 heavy (non-hydrogen) atoms. The molecule has 0 bridgehead atoms. The highest BCUT2D eigenvalue weighted by atomic mass is 14.9. The molecule has 2 nitrogen and oxygen atoms in total. The van der Waals surface area contributed by atoms with Crippen LogP contribution in [0.1, 0.15) is 24.4 Å².